The first-order chi connectivity index (χ1) is 13.6. The molecular formula is C25H39N3O. The largest absolute Gasteiger partial charge is 0.405 e. The summed E-state index contributed by atoms with van der Waals surface area (Å²) in [5.41, 5.74) is 21.8. The summed E-state index contributed by atoms with van der Waals surface area (Å²) in [5.74, 6) is 0.186. The normalized spacial score (nSPS) is 14.3. The summed E-state index contributed by atoms with van der Waals surface area (Å²) in [5, 5.41) is 0. The van der Waals surface area contributed by atoms with E-state index >= 15 is 0 Å². The lowest BCUT2D eigenvalue weighted by Crippen LogP contribution is -2.10. The van der Waals surface area contributed by atoms with Gasteiger partial charge in [0.15, 0.2) is 0 Å². The summed E-state index contributed by atoms with van der Waals surface area (Å²) < 4.78 is 0. The predicted molar refractivity (Wildman–Crippen MR) is 127 cm³/mol. The third-order valence-corrected chi connectivity index (χ3v) is 4.46. The number of hydrogen-bond acceptors (Lipinski definition) is 4. The molecule has 1 aromatic rings. The average molecular weight is 398 g/mol. The average Bonchev–Trinajstić information content (AvgIpc) is 2.65. The topological polar surface area (TPSA) is 95.1 Å². The Balaban J connectivity index is 0.000000604. The number of carbonyl (C=O) groups is 1. The van der Waals surface area contributed by atoms with Crippen molar-refractivity contribution >= 4 is 12.0 Å². The molecule has 0 bridgehead atoms. The molecule has 4 heteroatoms. The van der Waals surface area contributed by atoms with Crippen LogP contribution in [0.3, 0.4) is 0 Å². The molecule has 0 amide bonds. The van der Waals surface area contributed by atoms with Gasteiger partial charge in [0.1, 0.15) is 6.29 Å². The van der Waals surface area contributed by atoms with Crippen LogP contribution in [0.4, 0.5) is 5.69 Å². The fourth-order valence-corrected chi connectivity index (χ4v) is 2.65. The van der Waals surface area contributed by atoms with Gasteiger partial charge in [0.2, 0.25) is 0 Å². The summed E-state index contributed by atoms with van der Waals surface area (Å²) in [6, 6.07) is 8.05. The Morgan fingerprint density at radius 2 is 1.76 bits per heavy atom. The van der Waals surface area contributed by atoms with E-state index in [-0.39, 0.29) is 11.3 Å². The van der Waals surface area contributed by atoms with E-state index in [9.17, 15) is 4.79 Å². The molecule has 1 aromatic carbocycles. The molecule has 0 aromatic heterocycles. The van der Waals surface area contributed by atoms with E-state index in [4.69, 9.17) is 17.2 Å². The third-order valence-electron chi connectivity index (χ3n) is 4.46. The van der Waals surface area contributed by atoms with E-state index < -0.39 is 0 Å². The molecule has 0 fully saturated rings. The van der Waals surface area contributed by atoms with Crippen LogP contribution >= 0.6 is 0 Å². The molecule has 0 aliphatic carbocycles. The van der Waals surface area contributed by atoms with E-state index in [2.05, 4.69) is 39.8 Å². The quantitative estimate of drug-likeness (QED) is 0.249. The van der Waals surface area contributed by atoms with Crippen molar-refractivity contribution in [1.29, 1.82) is 0 Å². The Bertz CT molecular complexity index is 728. The van der Waals surface area contributed by atoms with Crippen molar-refractivity contribution in [2.24, 2.45) is 17.4 Å². The van der Waals surface area contributed by atoms with Crippen molar-refractivity contribution in [3.05, 3.63) is 77.2 Å². The van der Waals surface area contributed by atoms with E-state index in [0.717, 1.165) is 36.1 Å². The van der Waals surface area contributed by atoms with Crippen LogP contribution in [-0.4, -0.2) is 6.29 Å². The van der Waals surface area contributed by atoms with Gasteiger partial charge in [0, 0.05) is 17.0 Å². The first-order valence-corrected chi connectivity index (χ1v) is 10.1. The van der Waals surface area contributed by atoms with Crippen LogP contribution in [0.5, 0.6) is 0 Å². The second kappa shape index (κ2) is 13.4. The smallest absolute Gasteiger partial charge is 0.149 e. The Morgan fingerprint density at radius 3 is 2.17 bits per heavy atom. The van der Waals surface area contributed by atoms with Crippen LogP contribution < -0.4 is 17.2 Å². The van der Waals surface area contributed by atoms with E-state index in [1.807, 2.05) is 50.3 Å². The SMILES string of the molecule is CC(C)(C)c1ccc(N)cc1.CC/C=C(C=O)\C=C/C(C)/C(C/C=C\N)=C(/C)N. The maximum atomic E-state index is 10.8. The molecule has 1 unspecified atom stereocenters. The fraction of sp³-hybridized carbons (Fsp3) is 0.400. The van der Waals surface area contributed by atoms with E-state index in [1.165, 1.54) is 11.8 Å². The Kier molecular flexibility index (Phi) is 12.2. The van der Waals surface area contributed by atoms with Crippen molar-refractivity contribution < 1.29 is 4.79 Å². The molecule has 1 rings (SSSR count). The van der Waals surface area contributed by atoms with Crippen LogP contribution in [0.25, 0.3) is 0 Å². The van der Waals surface area contributed by atoms with E-state index in [1.54, 1.807) is 0 Å². The van der Waals surface area contributed by atoms with Gasteiger partial charge in [-0.15, -0.1) is 0 Å². The highest BCUT2D eigenvalue weighted by molar-refractivity contribution is 5.77. The second-order valence-corrected chi connectivity index (χ2v) is 8.09. The predicted octanol–water partition coefficient (Wildman–Crippen LogP) is 5.38. The van der Waals surface area contributed by atoms with Crippen molar-refractivity contribution in [2.45, 2.75) is 59.8 Å². The molecule has 4 nitrogen and oxygen atoms in total. The van der Waals surface area contributed by atoms with Gasteiger partial charge >= 0.3 is 0 Å². The molecule has 0 radical (unpaired) electrons. The van der Waals surface area contributed by atoms with Crippen molar-refractivity contribution in [3.8, 4) is 0 Å². The van der Waals surface area contributed by atoms with Crippen LogP contribution in [0.1, 0.15) is 59.9 Å². The number of carbonyl (C=O) groups excluding carboxylic acids is 1. The molecule has 0 heterocycles. The molecule has 0 saturated carbocycles. The number of rotatable bonds is 7. The highest BCUT2D eigenvalue weighted by Gasteiger charge is 2.12. The Labute approximate surface area is 177 Å². The number of nitrogens with two attached hydrogens (primary N) is 3. The zero-order valence-corrected chi connectivity index (χ0v) is 18.9. The number of benzene rings is 1. The molecule has 6 N–H and O–H groups in total. The van der Waals surface area contributed by atoms with Crippen molar-refractivity contribution in [3.63, 3.8) is 0 Å². The summed E-state index contributed by atoms with van der Waals surface area (Å²) >= 11 is 0. The summed E-state index contributed by atoms with van der Waals surface area (Å²) in [6.07, 6.45) is 11.6. The van der Waals surface area contributed by atoms with Gasteiger partial charge in [0.25, 0.3) is 0 Å². The Morgan fingerprint density at radius 1 is 1.17 bits per heavy atom. The van der Waals surface area contributed by atoms with Gasteiger partial charge in [0.05, 0.1) is 0 Å². The lowest BCUT2D eigenvalue weighted by Gasteiger charge is -2.18. The zero-order chi connectivity index (χ0) is 22.4. The molecule has 0 aliphatic rings. The summed E-state index contributed by atoms with van der Waals surface area (Å²) in [7, 11) is 0. The van der Waals surface area contributed by atoms with Gasteiger partial charge in [-0.3, -0.25) is 4.79 Å². The van der Waals surface area contributed by atoms with Crippen LogP contribution in [0, 0.1) is 5.92 Å². The second-order valence-electron chi connectivity index (χ2n) is 8.09. The molecule has 1 atom stereocenters. The molecule has 29 heavy (non-hydrogen) atoms. The first kappa shape index (κ1) is 26.2. The van der Waals surface area contributed by atoms with Crippen molar-refractivity contribution in [1.82, 2.24) is 0 Å². The summed E-state index contributed by atoms with van der Waals surface area (Å²) in [6.45, 7) is 12.5. The van der Waals surface area contributed by atoms with Crippen molar-refractivity contribution in [2.75, 3.05) is 5.73 Å². The maximum absolute atomic E-state index is 10.8. The molecular weight excluding hydrogens is 358 g/mol. The minimum Gasteiger partial charge on any atom is -0.405 e. The number of aldehydes is 1. The maximum Gasteiger partial charge on any atom is 0.149 e. The van der Waals surface area contributed by atoms with Crippen LogP contribution in [0.15, 0.2) is 71.6 Å². The van der Waals surface area contributed by atoms with Gasteiger partial charge in [-0.05, 0) is 60.6 Å². The van der Waals surface area contributed by atoms with Gasteiger partial charge in [-0.1, -0.05) is 71.1 Å². The highest BCUT2D eigenvalue weighted by atomic mass is 16.1. The molecule has 0 spiro atoms. The zero-order valence-electron chi connectivity index (χ0n) is 18.9. The molecule has 160 valence electrons. The lowest BCUT2D eigenvalue weighted by molar-refractivity contribution is -0.104. The standard InChI is InChI=1S/C15H24N2O.C10H15N/c1-4-6-14(11-18)9-8-12(2)15(13(3)17)7-5-10-16;1-10(2,3)8-4-6-9(11)7-5-8/h5-6,8-12H,4,7,16-17H2,1-3H3;4-7H,11H2,1-3H3/b9-8-,10-5-,14-6+,15-13-;. The number of anilines is 1. The van der Waals surface area contributed by atoms with Crippen LogP contribution in [0.2, 0.25) is 0 Å². The fourth-order valence-electron chi connectivity index (χ4n) is 2.65. The summed E-state index contributed by atoms with van der Waals surface area (Å²) in [4.78, 5) is 10.8. The first-order valence-electron chi connectivity index (χ1n) is 10.1. The number of allylic oxidation sites excluding steroid dienone is 7. The minimum atomic E-state index is 0.186. The van der Waals surface area contributed by atoms with E-state index in [0.29, 0.717) is 5.57 Å². The number of hydrogen-bond donors (Lipinski definition) is 3. The van der Waals surface area contributed by atoms with Gasteiger partial charge in [-0.2, -0.15) is 0 Å². The third kappa shape index (κ3) is 11.0. The molecule has 0 saturated heterocycles. The molecule has 0 aliphatic heterocycles. The highest BCUT2D eigenvalue weighted by Crippen LogP contribution is 2.22. The lowest BCUT2D eigenvalue weighted by atomic mass is 9.87. The van der Waals surface area contributed by atoms with Gasteiger partial charge in [-0.25, -0.2) is 0 Å². The number of nitrogen functional groups attached to an aromatic ring is 1. The van der Waals surface area contributed by atoms with Crippen LogP contribution in [-0.2, 0) is 10.2 Å². The van der Waals surface area contributed by atoms with Gasteiger partial charge < -0.3 is 17.2 Å². The monoisotopic (exact) mass is 397 g/mol. The minimum absolute atomic E-state index is 0.186. The Hall–Kier alpha value is -2.75.